The van der Waals surface area contributed by atoms with Gasteiger partial charge >= 0.3 is 0 Å². The molecular formula is C7H10N6. The Hall–Kier alpha value is -1.72. The zero-order valence-electron chi connectivity index (χ0n) is 7.47. The quantitative estimate of drug-likeness (QED) is 0.707. The van der Waals surface area contributed by atoms with Gasteiger partial charge in [-0.3, -0.25) is 0 Å². The van der Waals surface area contributed by atoms with Gasteiger partial charge in [0.2, 0.25) is 0 Å². The Morgan fingerprint density at radius 1 is 1.54 bits per heavy atom. The summed E-state index contributed by atoms with van der Waals surface area (Å²) in [7, 11) is 1.94. The van der Waals surface area contributed by atoms with E-state index >= 15 is 0 Å². The molecule has 0 fully saturated rings. The zero-order valence-corrected chi connectivity index (χ0v) is 7.47. The van der Waals surface area contributed by atoms with Crippen LogP contribution in [0.5, 0.6) is 0 Å². The van der Waals surface area contributed by atoms with Crippen molar-refractivity contribution in [3.05, 3.63) is 24.0 Å². The number of aryl methyl sites for hydroxylation is 1. The van der Waals surface area contributed by atoms with Crippen LogP contribution < -0.4 is 0 Å². The van der Waals surface area contributed by atoms with E-state index in [1.54, 1.807) is 6.20 Å². The fraction of sp³-hybridized carbons (Fsp3) is 0.429. The van der Waals surface area contributed by atoms with E-state index in [0.29, 0.717) is 5.82 Å². The second kappa shape index (κ2) is 2.96. The lowest BCUT2D eigenvalue weighted by Gasteiger charge is -2.05. The Bertz CT molecular complexity index is 375. The molecule has 0 aromatic carbocycles. The van der Waals surface area contributed by atoms with Gasteiger partial charge in [0.1, 0.15) is 5.82 Å². The molecule has 2 aromatic heterocycles. The first kappa shape index (κ1) is 7.90. The van der Waals surface area contributed by atoms with Gasteiger partial charge in [0, 0.05) is 19.4 Å². The molecule has 2 aromatic rings. The lowest BCUT2D eigenvalue weighted by atomic mass is 10.1. The number of hydrogen-bond donors (Lipinski definition) is 1. The maximum absolute atomic E-state index is 4.21. The summed E-state index contributed by atoms with van der Waals surface area (Å²) in [6, 6.07) is 0. The molecule has 0 spiro atoms. The fourth-order valence-electron chi connectivity index (χ4n) is 1.26. The monoisotopic (exact) mass is 178 g/mol. The summed E-state index contributed by atoms with van der Waals surface area (Å²) in [5.74, 6) is 1.66. The molecule has 2 heterocycles. The van der Waals surface area contributed by atoms with Crippen LogP contribution in [-0.4, -0.2) is 30.2 Å². The van der Waals surface area contributed by atoms with Gasteiger partial charge in [-0.15, -0.1) is 10.2 Å². The van der Waals surface area contributed by atoms with E-state index in [2.05, 4.69) is 25.6 Å². The standard InChI is InChI=1S/C7H10N6/c1-5(6-9-11-12-10-6)7-8-3-4-13(7)2/h3-5H,1-2H3,(H,9,10,11,12). The van der Waals surface area contributed by atoms with E-state index in [0.717, 1.165) is 5.82 Å². The van der Waals surface area contributed by atoms with Crippen LogP contribution in [0.25, 0.3) is 0 Å². The molecule has 1 atom stereocenters. The summed E-state index contributed by atoms with van der Waals surface area (Å²) in [6.07, 6.45) is 3.65. The predicted molar refractivity (Wildman–Crippen MR) is 44.9 cm³/mol. The van der Waals surface area contributed by atoms with E-state index in [4.69, 9.17) is 0 Å². The van der Waals surface area contributed by atoms with Crippen molar-refractivity contribution in [2.45, 2.75) is 12.8 Å². The normalized spacial score (nSPS) is 13.1. The Morgan fingerprint density at radius 3 is 2.92 bits per heavy atom. The maximum Gasteiger partial charge on any atom is 0.184 e. The van der Waals surface area contributed by atoms with Crippen LogP contribution in [0.3, 0.4) is 0 Å². The minimum atomic E-state index is 0.0683. The van der Waals surface area contributed by atoms with E-state index in [1.165, 1.54) is 0 Å². The number of aromatic nitrogens is 6. The molecule has 0 bridgehead atoms. The Kier molecular flexibility index (Phi) is 1.80. The van der Waals surface area contributed by atoms with Crippen molar-refractivity contribution in [2.75, 3.05) is 0 Å². The number of imidazole rings is 1. The molecule has 0 aliphatic heterocycles. The largest absolute Gasteiger partial charge is 0.337 e. The van der Waals surface area contributed by atoms with E-state index < -0.39 is 0 Å². The summed E-state index contributed by atoms with van der Waals surface area (Å²) in [5.41, 5.74) is 0. The van der Waals surface area contributed by atoms with Gasteiger partial charge in [-0.2, -0.15) is 5.21 Å². The molecule has 0 aliphatic rings. The van der Waals surface area contributed by atoms with Crippen LogP contribution in [0.2, 0.25) is 0 Å². The lowest BCUT2D eigenvalue weighted by molar-refractivity contribution is 0.702. The van der Waals surface area contributed by atoms with E-state index in [1.807, 2.05) is 24.7 Å². The number of aromatic amines is 1. The summed E-state index contributed by atoms with van der Waals surface area (Å²) >= 11 is 0. The molecule has 0 radical (unpaired) electrons. The highest BCUT2D eigenvalue weighted by atomic mass is 15.5. The summed E-state index contributed by atoms with van der Waals surface area (Å²) < 4.78 is 1.95. The van der Waals surface area contributed by atoms with Crippen molar-refractivity contribution in [3.8, 4) is 0 Å². The first-order valence-electron chi connectivity index (χ1n) is 3.99. The van der Waals surface area contributed by atoms with Gasteiger partial charge in [-0.1, -0.05) is 5.21 Å². The average Bonchev–Trinajstić information content (AvgIpc) is 2.72. The maximum atomic E-state index is 4.21. The van der Waals surface area contributed by atoms with Crippen LogP contribution in [0.1, 0.15) is 24.5 Å². The molecule has 2 rings (SSSR count). The second-order valence-electron chi connectivity index (χ2n) is 2.89. The molecule has 6 nitrogen and oxygen atoms in total. The first-order valence-corrected chi connectivity index (χ1v) is 3.99. The second-order valence-corrected chi connectivity index (χ2v) is 2.89. The summed E-state index contributed by atoms with van der Waals surface area (Å²) in [4.78, 5) is 4.21. The van der Waals surface area contributed by atoms with E-state index in [-0.39, 0.29) is 5.92 Å². The molecule has 0 saturated heterocycles. The average molecular weight is 178 g/mol. The molecule has 0 amide bonds. The molecule has 13 heavy (non-hydrogen) atoms. The smallest absolute Gasteiger partial charge is 0.184 e. The summed E-state index contributed by atoms with van der Waals surface area (Å²) in [6.45, 7) is 1.99. The van der Waals surface area contributed by atoms with Crippen molar-refractivity contribution in [1.29, 1.82) is 0 Å². The van der Waals surface area contributed by atoms with Gasteiger partial charge in [-0.25, -0.2) is 4.98 Å². The Balaban J connectivity index is 2.33. The van der Waals surface area contributed by atoms with Crippen LogP contribution in [-0.2, 0) is 7.05 Å². The van der Waals surface area contributed by atoms with Crippen LogP contribution in [0, 0.1) is 0 Å². The van der Waals surface area contributed by atoms with Crippen LogP contribution >= 0.6 is 0 Å². The molecule has 0 saturated carbocycles. The number of nitrogens with zero attached hydrogens (tertiary/aromatic N) is 5. The molecule has 1 N–H and O–H groups in total. The highest BCUT2D eigenvalue weighted by Gasteiger charge is 2.16. The van der Waals surface area contributed by atoms with Crippen molar-refractivity contribution in [2.24, 2.45) is 7.05 Å². The van der Waals surface area contributed by atoms with Gasteiger partial charge in [-0.05, 0) is 6.92 Å². The Morgan fingerprint density at radius 2 is 2.38 bits per heavy atom. The highest BCUT2D eigenvalue weighted by Crippen LogP contribution is 2.16. The van der Waals surface area contributed by atoms with Gasteiger partial charge in [0.05, 0.1) is 5.92 Å². The first-order chi connectivity index (χ1) is 6.29. The number of hydrogen-bond acceptors (Lipinski definition) is 4. The minimum Gasteiger partial charge on any atom is -0.337 e. The van der Waals surface area contributed by atoms with Gasteiger partial charge < -0.3 is 4.57 Å². The van der Waals surface area contributed by atoms with Crippen molar-refractivity contribution < 1.29 is 0 Å². The van der Waals surface area contributed by atoms with Crippen LogP contribution in [0.4, 0.5) is 0 Å². The minimum absolute atomic E-state index is 0.0683. The molecule has 1 unspecified atom stereocenters. The molecular weight excluding hydrogens is 168 g/mol. The van der Waals surface area contributed by atoms with Crippen molar-refractivity contribution in [3.63, 3.8) is 0 Å². The number of rotatable bonds is 2. The van der Waals surface area contributed by atoms with Gasteiger partial charge in [0.25, 0.3) is 0 Å². The number of nitrogens with one attached hydrogen (secondary N) is 1. The van der Waals surface area contributed by atoms with Gasteiger partial charge in [0.15, 0.2) is 5.82 Å². The zero-order chi connectivity index (χ0) is 9.26. The summed E-state index contributed by atoms with van der Waals surface area (Å²) in [5, 5.41) is 13.8. The molecule has 6 heteroatoms. The number of H-pyrrole nitrogens is 1. The van der Waals surface area contributed by atoms with Crippen LogP contribution in [0.15, 0.2) is 12.4 Å². The lowest BCUT2D eigenvalue weighted by Crippen LogP contribution is -2.05. The fourth-order valence-corrected chi connectivity index (χ4v) is 1.26. The molecule has 0 aliphatic carbocycles. The molecule has 68 valence electrons. The topological polar surface area (TPSA) is 72.3 Å². The third-order valence-electron chi connectivity index (χ3n) is 1.99. The third kappa shape index (κ3) is 1.30. The highest BCUT2D eigenvalue weighted by molar-refractivity contribution is 5.08. The Labute approximate surface area is 75.0 Å². The number of tetrazole rings is 1. The van der Waals surface area contributed by atoms with E-state index in [9.17, 15) is 0 Å². The SMILES string of the molecule is CC(c1nn[nH]n1)c1nccn1C. The van der Waals surface area contributed by atoms with Crippen molar-refractivity contribution >= 4 is 0 Å². The third-order valence-corrected chi connectivity index (χ3v) is 1.99. The predicted octanol–water partition coefficient (Wildman–Crippen LogP) is 0.0850. The van der Waals surface area contributed by atoms with Crippen molar-refractivity contribution in [1.82, 2.24) is 30.2 Å².